The van der Waals surface area contributed by atoms with E-state index >= 15 is 0 Å². The van der Waals surface area contributed by atoms with Crippen molar-refractivity contribution in [3.05, 3.63) is 95.3 Å². The number of aryl methyl sites for hydroxylation is 1. The summed E-state index contributed by atoms with van der Waals surface area (Å²) in [5, 5.41) is 12.6. The van der Waals surface area contributed by atoms with Gasteiger partial charge in [-0.2, -0.15) is 0 Å². The van der Waals surface area contributed by atoms with Gasteiger partial charge in [-0.05, 0) is 79.1 Å². The number of amides is 1. The summed E-state index contributed by atoms with van der Waals surface area (Å²) in [6.45, 7) is 2.91. The number of carbonyl (C=O) groups is 2. The molecule has 1 aromatic heterocycles. The van der Waals surface area contributed by atoms with Crippen LogP contribution in [0.3, 0.4) is 0 Å². The number of allylic oxidation sites excluding steroid dienone is 1. The number of carbonyl (C=O) groups excluding carboxylic acids is 1. The summed E-state index contributed by atoms with van der Waals surface area (Å²) in [5.41, 5.74) is 3.45. The summed E-state index contributed by atoms with van der Waals surface area (Å²) in [4.78, 5) is 24.5. The van der Waals surface area contributed by atoms with Crippen LogP contribution in [-0.4, -0.2) is 27.2 Å². The molecule has 35 heavy (non-hydrogen) atoms. The van der Waals surface area contributed by atoms with Gasteiger partial charge < -0.3 is 19.7 Å². The molecule has 1 saturated carbocycles. The molecule has 1 aliphatic rings. The fourth-order valence-corrected chi connectivity index (χ4v) is 4.52. The van der Waals surface area contributed by atoms with Crippen molar-refractivity contribution in [2.24, 2.45) is 0 Å². The third-order valence-electron chi connectivity index (χ3n) is 6.53. The Bertz CT molecular complexity index is 1200. The highest BCUT2D eigenvalue weighted by molar-refractivity contribution is 6.03. The number of carboxylic acids is 1. The third-order valence-corrected chi connectivity index (χ3v) is 6.53. The summed E-state index contributed by atoms with van der Waals surface area (Å²) in [7, 11) is 0. The van der Waals surface area contributed by atoms with E-state index in [9.17, 15) is 14.7 Å². The van der Waals surface area contributed by atoms with E-state index in [-0.39, 0.29) is 12.5 Å². The second-order valence-electron chi connectivity index (χ2n) is 9.00. The normalized spacial score (nSPS) is 14.9. The summed E-state index contributed by atoms with van der Waals surface area (Å²) >= 11 is 0. The van der Waals surface area contributed by atoms with E-state index in [2.05, 4.69) is 12.2 Å². The quantitative estimate of drug-likeness (QED) is 0.383. The van der Waals surface area contributed by atoms with Crippen LogP contribution in [0.25, 0.3) is 6.08 Å². The van der Waals surface area contributed by atoms with E-state index in [1.54, 1.807) is 0 Å². The maximum Gasteiger partial charge on any atom is 0.335 e. The topological polar surface area (TPSA) is 80.6 Å². The highest BCUT2D eigenvalue weighted by Gasteiger charge is 2.42. The summed E-state index contributed by atoms with van der Waals surface area (Å²) < 4.78 is 7.79. The Morgan fingerprint density at radius 3 is 2.60 bits per heavy atom. The molecule has 1 fully saturated rings. The van der Waals surface area contributed by atoms with Gasteiger partial charge in [0.15, 0.2) is 5.60 Å². The van der Waals surface area contributed by atoms with Crippen molar-refractivity contribution in [3.63, 3.8) is 0 Å². The van der Waals surface area contributed by atoms with Crippen LogP contribution < -0.4 is 5.32 Å². The number of ether oxygens (including phenoxy) is 1. The number of nitrogens with zero attached hydrogens (tertiary/aromatic N) is 1. The van der Waals surface area contributed by atoms with E-state index in [1.165, 1.54) is 5.56 Å². The standard InChI is InChI=1S/C29H32N2O4/c1-2-22-9-6-13-25(20-22)30-27(32)26-14-8-18-31(26)17-7-12-23-10-5-11-24(19-23)21-35-29(28(33)34)15-3-4-16-29/h5-14,18-20H,2-4,15-17,21H2,1H3,(H,30,32)(H,33,34)/b12-7+. The lowest BCUT2D eigenvalue weighted by atomic mass is 10.0. The van der Waals surface area contributed by atoms with E-state index in [0.717, 1.165) is 36.1 Å². The molecule has 0 radical (unpaired) electrons. The number of benzene rings is 2. The SMILES string of the molecule is CCc1cccc(NC(=O)c2cccn2C/C=C/c2cccc(COC3(C(=O)O)CCCC3)c2)c1. The molecule has 1 amide bonds. The van der Waals surface area contributed by atoms with Gasteiger partial charge >= 0.3 is 5.97 Å². The molecule has 0 unspecified atom stereocenters. The number of aliphatic carboxylic acids is 1. The fourth-order valence-electron chi connectivity index (χ4n) is 4.52. The zero-order valence-corrected chi connectivity index (χ0v) is 20.1. The molecule has 2 aromatic carbocycles. The molecule has 4 rings (SSSR count). The molecule has 2 N–H and O–H groups in total. The molecule has 0 spiro atoms. The molecule has 3 aromatic rings. The molecule has 6 nitrogen and oxygen atoms in total. The maximum absolute atomic E-state index is 12.8. The van der Waals surface area contributed by atoms with Crippen LogP contribution in [-0.2, 0) is 29.1 Å². The van der Waals surface area contributed by atoms with E-state index < -0.39 is 11.6 Å². The van der Waals surface area contributed by atoms with Crippen LogP contribution in [0.2, 0.25) is 0 Å². The number of carboxylic acid groups (broad SMARTS) is 1. The van der Waals surface area contributed by atoms with Gasteiger partial charge in [0.1, 0.15) is 5.69 Å². The molecule has 1 heterocycles. The first kappa shape index (κ1) is 24.5. The molecule has 0 aliphatic heterocycles. The first-order valence-corrected chi connectivity index (χ1v) is 12.2. The second kappa shape index (κ2) is 11.2. The number of hydrogen-bond acceptors (Lipinski definition) is 3. The zero-order valence-electron chi connectivity index (χ0n) is 20.1. The van der Waals surface area contributed by atoms with Crippen molar-refractivity contribution in [1.82, 2.24) is 4.57 Å². The molecule has 0 atom stereocenters. The molecule has 0 saturated heterocycles. The minimum Gasteiger partial charge on any atom is -0.479 e. The number of hydrogen-bond donors (Lipinski definition) is 2. The van der Waals surface area contributed by atoms with Crippen LogP contribution >= 0.6 is 0 Å². The molecular weight excluding hydrogens is 440 g/mol. The Hall–Kier alpha value is -3.64. The first-order chi connectivity index (χ1) is 17.0. The van der Waals surface area contributed by atoms with Gasteiger partial charge in [0.05, 0.1) is 6.61 Å². The lowest BCUT2D eigenvalue weighted by molar-refractivity contribution is -0.167. The molecule has 6 heteroatoms. The lowest BCUT2D eigenvalue weighted by Gasteiger charge is -2.24. The van der Waals surface area contributed by atoms with Gasteiger partial charge in [0.25, 0.3) is 5.91 Å². The minimum absolute atomic E-state index is 0.143. The van der Waals surface area contributed by atoms with Crippen LogP contribution in [0.15, 0.2) is 72.9 Å². The third kappa shape index (κ3) is 6.08. The largest absolute Gasteiger partial charge is 0.479 e. The van der Waals surface area contributed by atoms with Crippen molar-refractivity contribution < 1.29 is 19.4 Å². The van der Waals surface area contributed by atoms with Crippen molar-refractivity contribution in [2.75, 3.05) is 5.32 Å². The average molecular weight is 473 g/mol. The van der Waals surface area contributed by atoms with Crippen molar-refractivity contribution in [3.8, 4) is 0 Å². The first-order valence-electron chi connectivity index (χ1n) is 12.2. The summed E-state index contributed by atoms with van der Waals surface area (Å²) in [6, 6.07) is 19.4. The Morgan fingerprint density at radius 1 is 1.06 bits per heavy atom. The molecule has 1 aliphatic carbocycles. The number of rotatable bonds is 10. The molecule has 182 valence electrons. The van der Waals surface area contributed by atoms with Crippen molar-refractivity contribution in [2.45, 2.75) is 57.8 Å². The molecular formula is C29H32N2O4. The average Bonchev–Trinajstić information content (AvgIpc) is 3.54. The second-order valence-corrected chi connectivity index (χ2v) is 9.00. The monoisotopic (exact) mass is 472 g/mol. The van der Waals surface area contributed by atoms with Gasteiger partial charge in [-0.1, -0.05) is 49.4 Å². The smallest absolute Gasteiger partial charge is 0.335 e. The number of anilines is 1. The van der Waals surface area contributed by atoms with Crippen LogP contribution in [0.5, 0.6) is 0 Å². The van der Waals surface area contributed by atoms with Gasteiger partial charge in [-0.15, -0.1) is 0 Å². The Kier molecular flexibility index (Phi) is 7.83. The highest BCUT2D eigenvalue weighted by Crippen LogP contribution is 2.34. The van der Waals surface area contributed by atoms with Crippen LogP contribution in [0.1, 0.15) is 59.8 Å². The maximum atomic E-state index is 12.8. The fraction of sp³-hybridized carbons (Fsp3) is 0.310. The van der Waals surface area contributed by atoms with Gasteiger partial charge in [-0.3, -0.25) is 4.79 Å². The van der Waals surface area contributed by atoms with Crippen LogP contribution in [0, 0.1) is 0 Å². The molecule has 0 bridgehead atoms. The Labute approximate surface area is 206 Å². The van der Waals surface area contributed by atoms with E-state index in [0.29, 0.717) is 25.1 Å². The van der Waals surface area contributed by atoms with Crippen molar-refractivity contribution in [1.29, 1.82) is 0 Å². The zero-order chi connectivity index (χ0) is 24.7. The Morgan fingerprint density at radius 2 is 1.83 bits per heavy atom. The van der Waals surface area contributed by atoms with E-state index in [1.807, 2.05) is 83.6 Å². The van der Waals surface area contributed by atoms with Crippen LogP contribution in [0.4, 0.5) is 5.69 Å². The highest BCUT2D eigenvalue weighted by atomic mass is 16.5. The lowest BCUT2D eigenvalue weighted by Crippen LogP contribution is -2.38. The van der Waals surface area contributed by atoms with E-state index in [4.69, 9.17) is 4.74 Å². The predicted octanol–water partition coefficient (Wildman–Crippen LogP) is 5.93. The Balaban J connectivity index is 1.36. The predicted molar refractivity (Wildman–Crippen MR) is 137 cm³/mol. The van der Waals surface area contributed by atoms with Gasteiger partial charge in [-0.25, -0.2) is 4.79 Å². The number of nitrogens with one attached hydrogen (secondary N) is 1. The summed E-state index contributed by atoms with van der Waals surface area (Å²) in [5.74, 6) is -1.01. The minimum atomic E-state index is -1.05. The number of aromatic nitrogens is 1. The van der Waals surface area contributed by atoms with Crippen molar-refractivity contribution >= 4 is 23.6 Å². The van der Waals surface area contributed by atoms with Gasteiger partial charge in [0.2, 0.25) is 0 Å². The van der Waals surface area contributed by atoms with Gasteiger partial charge in [0, 0.05) is 18.4 Å². The summed E-state index contributed by atoms with van der Waals surface area (Å²) in [6.07, 6.45) is 9.72.